The van der Waals surface area contributed by atoms with Crippen LogP contribution >= 0.6 is 0 Å². The van der Waals surface area contributed by atoms with Crippen LogP contribution < -0.4 is 15.0 Å². The number of nitrogens with zero attached hydrogens (tertiary/aromatic N) is 1. The fourth-order valence-electron chi connectivity index (χ4n) is 2.63. The number of rotatable bonds is 7. The molecule has 1 aliphatic rings. The van der Waals surface area contributed by atoms with Gasteiger partial charge in [-0.25, -0.2) is 0 Å². The lowest BCUT2D eigenvalue weighted by Gasteiger charge is -2.28. The molecular weight excluding hydrogens is 322 g/mol. The Morgan fingerprint density at radius 1 is 1.28 bits per heavy atom. The van der Waals surface area contributed by atoms with E-state index in [2.05, 4.69) is 5.32 Å². The minimum absolute atomic E-state index is 0.0654. The van der Waals surface area contributed by atoms with Crippen LogP contribution in [0.15, 0.2) is 24.3 Å². The summed E-state index contributed by atoms with van der Waals surface area (Å²) in [6, 6.07) is 7.26. The predicted molar refractivity (Wildman–Crippen MR) is 93.5 cm³/mol. The number of carbonyl (C=O) groups excluding carboxylic acids is 2. The zero-order chi connectivity index (χ0) is 18.2. The molecule has 0 saturated carbocycles. The van der Waals surface area contributed by atoms with Gasteiger partial charge in [0.1, 0.15) is 5.75 Å². The van der Waals surface area contributed by atoms with Crippen LogP contribution in [0, 0.1) is 0 Å². The average molecular weight is 350 g/mol. The molecule has 0 spiro atoms. The number of methoxy groups -OCH3 is 1. The Balaban J connectivity index is 1.78. The minimum atomic E-state index is -0.303. The van der Waals surface area contributed by atoms with E-state index in [0.717, 1.165) is 16.2 Å². The monoisotopic (exact) mass is 350 g/mol. The Morgan fingerprint density at radius 2 is 1.92 bits per heavy atom. The molecule has 1 aromatic carbocycles. The molecule has 138 valence electrons. The van der Waals surface area contributed by atoms with Crippen molar-refractivity contribution in [2.45, 2.75) is 19.5 Å². The fraction of sp³-hybridized carbons (Fsp3) is 0.556. The number of hydrogen-bond acceptors (Lipinski definition) is 4. The first kappa shape index (κ1) is 19.2. The molecule has 1 unspecified atom stereocenters. The third kappa shape index (κ3) is 5.72. The molecule has 0 aromatic heterocycles. The number of likely N-dealkylation sites (N-methyl/N-ethyl adjacent to an activating group) is 1. The molecule has 2 amide bonds. The maximum Gasteiger partial charge on any atom is 0.278 e. The molecule has 2 atom stereocenters. The molecule has 25 heavy (non-hydrogen) atoms. The number of morpholine rings is 1. The summed E-state index contributed by atoms with van der Waals surface area (Å²) in [4.78, 5) is 27.3. The normalized spacial score (nSPS) is 16.8. The number of carbonyl (C=O) groups is 2. The van der Waals surface area contributed by atoms with Crippen LogP contribution in [-0.4, -0.2) is 69.8 Å². The Labute approximate surface area is 148 Å². The highest BCUT2D eigenvalue weighted by Crippen LogP contribution is 2.10. The zero-order valence-corrected chi connectivity index (χ0v) is 15.2. The fourth-order valence-corrected chi connectivity index (χ4v) is 2.63. The van der Waals surface area contributed by atoms with Crippen molar-refractivity contribution in [3.05, 3.63) is 29.8 Å². The SMILES string of the molecule is COc1ccc(CNC(=O)[C@H](C)[NH+](C)CC(=O)N2CCOCC2)cc1. The molecule has 1 heterocycles. The minimum Gasteiger partial charge on any atom is -0.497 e. The van der Waals surface area contributed by atoms with Gasteiger partial charge in [0.25, 0.3) is 11.8 Å². The van der Waals surface area contributed by atoms with Gasteiger partial charge in [0, 0.05) is 19.6 Å². The van der Waals surface area contributed by atoms with Gasteiger partial charge >= 0.3 is 0 Å². The zero-order valence-electron chi connectivity index (χ0n) is 15.2. The van der Waals surface area contributed by atoms with Crippen LogP contribution in [0.3, 0.4) is 0 Å². The van der Waals surface area contributed by atoms with E-state index in [0.29, 0.717) is 39.4 Å². The molecule has 1 fully saturated rings. The van der Waals surface area contributed by atoms with Gasteiger partial charge in [0.2, 0.25) is 0 Å². The van der Waals surface area contributed by atoms with E-state index in [1.165, 1.54) is 0 Å². The summed E-state index contributed by atoms with van der Waals surface area (Å²) in [5, 5.41) is 2.92. The molecule has 2 N–H and O–H groups in total. The number of benzene rings is 1. The molecule has 7 heteroatoms. The first-order valence-electron chi connectivity index (χ1n) is 8.59. The van der Waals surface area contributed by atoms with Gasteiger partial charge in [0.15, 0.2) is 12.6 Å². The van der Waals surface area contributed by atoms with Gasteiger partial charge < -0.3 is 24.6 Å². The summed E-state index contributed by atoms with van der Waals surface area (Å²) < 4.78 is 10.4. The predicted octanol–water partition coefficient (Wildman–Crippen LogP) is -0.927. The molecule has 1 aliphatic heterocycles. The molecule has 1 aromatic rings. The van der Waals surface area contributed by atoms with Crippen molar-refractivity contribution in [2.75, 3.05) is 47.0 Å². The van der Waals surface area contributed by atoms with E-state index in [9.17, 15) is 9.59 Å². The van der Waals surface area contributed by atoms with Crippen LogP contribution in [0.2, 0.25) is 0 Å². The number of nitrogens with one attached hydrogen (secondary N) is 2. The van der Waals surface area contributed by atoms with E-state index in [1.54, 1.807) is 12.0 Å². The summed E-state index contributed by atoms with van der Waals surface area (Å²) in [6.45, 7) is 5.03. The molecular formula is C18H28N3O4+. The van der Waals surface area contributed by atoms with E-state index in [1.807, 2.05) is 38.2 Å². The van der Waals surface area contributed by atoms with Crippen molar-refractivity contribution in [1.29, 1.82) is 0 Å². The van der Waals surface area contributed by atoms with Crippen molar-refractivity contribution in [1.82, 2.24) is 10.2 Å². The summed E-state index contributed by atoms with van der Waals surface area (Å²) in [7, 11) is 3.49. The quantitative estimate of drug-likeness (QED) is 0.667. The van der Waals surface area contributed by atoms with E-state index in [-0.39, 0.29) is 17.9 Å². The molecule has 2 rings (SSSR count). The second kappa shape index (κ2) is 9.39. The first-order valence-corrected chi connectivity index (χ1v) is 8.59. The standard InChI is InChI=1S/C18H27N3O4/c1-14(20(2)13-17(22)21-8-10-25-11-9-21)18(23)19-12-15-4-6-16(24-3)7-5-15/h4-7,14H,8-13H2,1-3H3,(H,19,23)/p+1/t14-/m0/s1. The first-order chi connectivity index (χ1) is 12.0. The van der Waals surface area contributed by atoms with Gasteiger partial charge in [-0.05, 0) is 24.6 Å². The third-order valence-electron chi connectivity index (χ3n) is 4.55. The topological polar surface area (TPSA) is 72.3 Å². The molecule has 1 saturated heterocycles. The lowest BCUT2D eigenvalue weighted by Crippen LogP contribution is -3.15. The summed E-state index contributed by atoms with van der Waals surface area (Å²) in [5.41, 5.74) is 1.00. The number of ether oxygens (including phenoxy) is 2. The highest BCUT2D eigenvalue weighted by atomic mass is 16.5. The van der Waals surface area contributed by atoms with Crippen LogP contribution in [0.4, 0.5) is 0 Å². The molecule has 7 nitrogen and oxygen atoms in total. The lowest BCUT2D eigenvalue weighted by atomic mass is 10.2. The Hall–Kier alpha value is -2.12. The van der Waals surface area contributed by atoms with Crippen LogP contribution in [0.1, 0.15) is 12.5 Å². The van der Waals surface area contributed by atoms with Crippen molar-refractivity contribution in [3.63, 3.8) is 0 Å². The number of amides is 2. The maximum atomic E-state index is 12.3. The Morgan fingerprint density at radius 3 is 2.52 bits per heavy atom. The largest absolute Gasteiger partial charge is 0.497 e. The van der Waals surface area contributed by atoms with Gasteiger partial charge in [-0.1, -0.05) is 12.1 Å². The van der Waals surface area contributed by atoms with Crippen molar-refractivity contribution in [3.8, 4) is 5.75 Å². The van der Waals surface area contributed by atoms with Crippen molar-refractivity contribution < 1.29 is 24.0 Å². The Bertz CT molecular complexity index is 570. The molecule has 0 bridgehead atoms. The van der Waals surface area contributed by atoms with Gasteiger partial charge in [-0.3, -0.25) is 9.59 Å². The van der Waals surface area contributed by atoms with E-state index < -0.39 is 0 Å². The van der Waals surface area contributed by atoms with Crippen LogP contribution in [0.25, 0.3) is 0 Å². The number of quaternary nitrogens is 1. The van der Waals surface area contributed by atoms with E-state index in [4.69, 9.17) is 9.47 Å². The summed E-state index contributed by atoms with van der Waals surface area (Å²) >= 11 is 0. The summed E-state index contributed by atoms with van der Waals surface area (Å²) in [6.07, 6.45) is 0. The van der Waals surface area contributed by atoms with Crippen LogP contribution in [0.5, 0.6) is 5.75 Å². The lowest BCUT2D eigenvalue weighted by molar-refractivity contribution is -0.886. The third-order valence-corrected chi connectivity index (χ3v) is 4.55. The number of hydrogen-bond donors (Lipinski definition) is 2. The molecule has 0 radical (unpaired) electrons. The van der Waals surface area contributed by atoms with Gasteiger partial charge in [0.05, 0.1) is 27.4 Å². The second-order valence-electron chi connectivity index (χ2n) is 6.30. The highest BCUT2D eigenvalue weighted by Gasteiger charge is 2.26. The maximum absolute atomic E-state index is 12.3. The second-order valence-corrected chi connectivity index (χ2v) is 6.30. The van der Waals surface area contributed by atoms with Gasteiger partial charge in [-0.15, -0.1) is 0 Å². The summed E-state index contributed by atoms with van der Waals surface area (Å²) in [5.74, 6) is 0.785. The Kier molecular flexibility index (Phi) is 7.21. The molecule has 0 aliphatic carbocycles. The van der Waals surface area contributed by atoms with Crippen molar-refractivity contribution >= 4 is 11.8 Å². The van der Waals surface area contributed by atoms with Crippen LogP contribution in [-0.2, 0) is 20.9 Å². The average Bonchev–Trinajstić information content (AvgIpc) is 2.66. The van der Waals surface area contributed by atoms with Crippen molar-refractivity contribution in [2.24, 2.45) is 0 Å². The highest BCUT2D eigenvalue weighted by molar-refractivity contribution is 5.81. The smallest absolute Gasteiger partial charge is 0.278 e. The van der Waals surface area contributed by atoms with E-state index >= 15 is 0 Å². The van der Waals surface area contributed by atoms with Gasteiger partial charge in [-0.2, -0.15) is 0 Å².